The van der Waals surface area contributed by atoms with Gasteiger partial charge in [0.2, 0.25) is 0 Å². The minimum Gasteiger partial charge on any atom is -0.456 e. The van der Waals surface area contributed by atoms with Gasteiger partial charge in [-0.15, -0.1) is 0 Å². The van der Waals surface area contributed by atoms with Crippen LogP contribution in [0, 0.1) is 0 Å². The van der Waals surface area contributed by atoms with Gasteiger partial charge < -0.3 is 8.83 Å². The van der Waals surface area contributed by atoms with Gasteiger partial charge in [-0.1, -0.05) is 152 Å². The largest absolute Gasteiger partial charge is 0.456 e. The van der Waals surface area contributed by atoms with E-state index in [1.54, 1.807) is 0 Å². The highest BCUT2D eigenvalue weighted by atomic mass is 16.3. The van der Waals surface area contributed by atoms with Crippen LogP contribution in [-0.4, -0.2) is 0 Å². The van der Waals surface area contributed by atoms with E-state index in [-0.39, 0.29) is 0 Å². The molecule has 2 heteroatoms. The summed E-state index contributed by atoms with van der Waals surface area (Å²) in [6.07, 6.45) is 0. The van der Waals surface area contributed by atoms with Gasteiger partial charge in [-0.3, -0.25) is 0 Å². The van der Waals surface area contributed by atoms with Gasteiger partial charge >= 0.3 is 0 Å². The van der Waals surface area contributed by atoms with Crippen LogP contribution in [0.1, 0.15) is 0 Å². The lowest BCUT2D eigenvalue weighted by molar-refractivity contribution is 0.664. The molecule has 0 aliphatic heterocycles. The Morgan fingerprint density at radius 2 is 0.820 bits per heavy atom. The first kappa shape index (κ1) is 27.3. The first-order valence-corrected chi connectivity index (χ1v) is 17.1. The first-order valence-electron chi connectivity index (χ1n) is 17.1. The SMILES string of the molecule is c1ccc(-c2c3ccccc3c(-c3ccc(-c4cc5oc6ccccc6c5c5c4oc4ccc6ccccc6c45)cc3)c3ccccc23)cc1. The highest BCUT2D eigenvalue weighted by Gasteiger charge is 2.22. The highest BCUT2D eigenvalue weighted by Crippen LogP contribution is 2.48. The average molecular weight is 637 g/mol. The summed E-state index contributed by atoms with van der Waals surface area (Å²) in [5.41, 5.74) is 10.5. The normalized spacial score (nSPS) is 12.0. The molecule has 0 aliphatic carbocycles. The fraction of sp³-hybridized carbons (Fsp3) is 0. The summed E-state index contributed by atoms with van der Waals surface area (Å²) >= 11 is 0. The molecule has 0 spiro atoms. The Morgan fingerprint density at radius 3 is 1.50 bits per heavy atom. The number of fused-ring (bicyclic) bond motifs is 11. The molecule has 50 heavy (non-hydrogen) atoms. The minimum atomic E-state index is 0.863. The average Bonchev–Trinajstić information content (AvgIpc) is 3.76. The second kappa shape index (κ2) is 10.4. The fourth-order valence-electron chi connectivity index (χ4n) is 8.30. The van der Waals surface area contributed by atoms with Crippen molar-refractivity contribution >= 4 is 76.2 Å². The summed E-state index contributed by atoms with van der Waals surface area (Å²) < 4.78 is 13.4. The van der Waals surface area contributed by atoms with Gasteiger partial charge in [-0.25, -0.2) is 0 Å². The summed E-state index contributed by atoms with van der Waals surface area (Å²) in [6, 6.07) is 60.6. The van der Waals surface area contributed by atoms with Gasteiger partial charge in [0.05, 0.1) is 0 Å². The molecule has 0 fully saturated rings. The van der Waals surface area contributed by atoms with E-state index in [1.165, 1.54) is 54.6 Å². The predicted molar refractivity (Wildman–Crippen MR) is 210 cm³/mol. The second-order valence-electron chi connectivity index (χ2n) is 13.1. The van der Waals surface area contributed by atoms with Crippen LogP contribution in [0.15, 0.2) is 179 Å². The van der Waals surface area contributed by atoms with E-state index in [4.69, 9.17) is 8.83 Å². The molecule has 11 rings (SSSR count). The third-order valence-electron chi connectivity index (χ3n) is 10.5. The summed E-state index contributed by atoms with van der Waals surface area (Å²) in [7, 11) is 0. The quantitative estimate of drug-likeness (QED) is 0.180. The van der Waals surface area contributed by atoms with Crippen molar-refractivity contribution in [1.82, 2.24) is 0 Å². The second-order valence-corrected chi connectivity index (χ2v) is 13.1. The van der Waals surface area contributed by atoms with Gasteiger partial charge in [0.25, 0.3) is 0 Å². The fourth-order valence-corrected chi connectivity index (χ4v) is 8.30. The lowest BCUT2D eigenvalue weighted by atomic mass is 9.85. The Labute approximate surface area is 287 Å². The van der Waals surface area contributed by atoms with Crippen LogP contribution in [0.5, 0.6) is 0 Å². The van der Waals surface area contributed by atoms with Crippen molar-refractivity contribution in [3.05, 3.63) is 170 Å². The molecule has 2 aromatic heterocycles. The molecule has 232 valence electrons. The van der Waals surface area contributed by atoms with Crippen molar-refractivity contribution in [2.24, 2.45) is 0 Å². The number of para-hydroxylation sites is 1. The molecule has 0 bridgehead atoms. The maximum atomic E-state index is 6.82. The van der Waals surface area contributed by atoms with E-state index in [9.17, 15) is 0 Å². The zero-order valence-corrected chi connectivity index (χ0v) is 27.0. The van der Waals surface area contributed by atoms with Gasteiger partial charge in [-0.05, 0) is 78.3 Å². The maximum absolute atomic E-state index is 6.82. The molecule has 2 heterocycles. The van der Waals surface area contributed by atoms with E-state index in [0.29, 0.717) is 0 Å². The molecule has 0 saturated carbocycles. The summed E-state index contributed by atoms with van der Waals surface area (Å²) in [5, 5.41) is 11.8. The third-order valence-corrected chi connectivity index (χ3v) is 10.5. The third kappa shape index (κ3) is 3.85. The molecule has 0 N–H and O–H groups in total. The van der Waals surface area contributed by atoms with Crippen LogP contribution < -0.4 is 0 Å². The van der Waals surface area contributed by atoms with Crippen molar-refractivity contribution in [3.8, 4) is 33.4 Å². The van der Waals surface area contributed by atoms with Gasteiger partial charge in [0.1, 0.15) is 22.3 Å². The lowest BCUT2D eigenvalue weighted by Crippen LogP contribution is -1.90. The van der Waals surface area contributed by atoms with E-state index < -0.39 is 0 Å². The smallest absolute Gasteiger partial charge is 0.144 e. The Hall–Kier alpha value is -6.64. The van der Waals surface area contributed by atoms with E-state index in [1.807, 2.05) is 12.1 Å². The topological polar surface area (TPSA) is 26.3 Å². The van der Waals surface area contributed by atoms with Crippen molar-refractivity contribution in [3.63, 3.8) is 0 Å². The minimum absolute atomic E-state index is 0.863. The lowest BCUT2D eigenvalue weighted by Gasteiger charge is -2.18. The van der Waals surface area contributed by atoms with Gasteiger partial charge in [0, 0.05) is 27.1 Å². The maximum Gasteiger partial charge on any atom is 0.144 e. The summed E-state index contributed by atoms with van der Waals surface area (Å²) in [6.45, 7) is 0. The van der Waals surface area contributed by atoms with Crippen molar-refractivity contribution in [1.29, 1.82) is 0 Å². The first-order chi connectivity index (χ1) is 24.8. The molecule has 2 nitrogen and oxygen atoms in total. The highest BCUT2D eigenvalue weighted by molar-refractivity contribution is 6.32. The number of hydrogen-bond acceptors (Lipinski definition) is 2. The molecule has 0 saturated heterocycles. The van der Waals surface area contributed by atoms with Crippen LogP contribution in [0.25, 0.3) is 110 Å². The molecule has 0 radical (unpaired) electrons. The standard InChI is InChI=1S/C48H28O2/c1-2-13-31(14-3-1)43-34-16-6-8-18-36(34)44(37-19-9-7-17-35(37)43)32-24-22-30(23-25-32)39-28-42-46(38-20-10-11-21-40(38)49-42)47-45-33-15-5-4-12-29(33)26-27-41(45)50-48(39)47/h1-28H. The van der Waals surface area contributed by atoms with Crippen LogP contribution in [0.2, 0.25) is 0 Å². The summed E-state index contributed by atoms with van der Waals surface area (Å²) in [4.78, 5) is 0. The van der Waals surface area contributed by atoms with Crippen molar-refractivity contribution in [2.45, 2.75) is 0 Å². The number of rotatable bonds is 3. The zero-order chi connectivity index (χ0) is 32.8. The van der Waals surface area contributed by atoms with Gasteiger partial charge in [-0.2, -0.15) is 0 Å². The predicted octanol–water partition coefficient (Wildman–Crippen LogP) is 13.9. The molecule has 11 aromatic rings. The van der Waals surface area contributed by atoms with Crippen LogP contribution in [-0.2, 0) is 0 Å². The molecule has 0 atom stereocenters. The zero-order valence-electron chi connectivity index (χ0n) is 27.0. The molecule has 0 amide bonds. The molecule has 9 aromatic carbocycles. The van der Waals surface area contributed by atoms with E-state index in [0.717, 1.165) is 55.0 Å². The van der Waals surface area contributed by atoms with E-state index in [2.05, 4.69) is 158 Å². The van der Waals surface area contributed by atoms with Crippen molar-refractivity contribution in [2.75, 3.05) is 0 Å². The van der Waals surface area contributed by atoms with Gasteiger partial charge in [0.15, 0.2) is 0 Å². The van der Waals surface area contributed by atoms with E-state index >= 15 is 0 Å². The van der Waals surface area contributed by atoms with Crippen LogP contribution >= 0.6 is 0 Å². The Morgan fingerprint density at radius 1 is 0.300 bits per heavy atom. The Kier molecular flexibility index (Phi) is 5.70. The monoisotopic (exact) mass is 636 g/mol. The molecular weight excluding hydrogens is 609 g/mol. The molecule has 0 aliphatic rings. The Balaban J connectivity index is 1.17. The van der Waals surface area contributed by atoms with Crippen molar-refractivity contribution < 1.29 is 8.83 Å². The summed E-state index contributed by atoms with van der Waals surface area (Å²) in [5.74, 6) is 0. The number of benzene rings is 9. The Bertz CT molecular complexity index is 3070. The molecular formula is C48H28O2. The van der Waals surface area contributed by atoms with Crippen LogP contribution in [0.3, 0.4) is 0 Å². The molecule has 0 unspecified atom stereocenters. The van der Waals surface area contributed by atoms with Crippen LogP contribution in [0.4, 0.5) is 0 Å². The number of hydrogen-bond donors (Lipinski definition) is 0. The number of furan rings is 2.